The van der Waals surface area contributed by atoms with Crippen LogP contribution in [-0.2, 0) is 9.47 Å². The van der Waals surface area contributed by atoms with Crippen LogP contribution in [0.4, 0.5) is 17.6 Å². The van der Waals surface area contributed by atoms with Crippen LogP contribution in [0.25, 0.3) is 11.0 Å². The smallest absolute Gasteiger partial charge is 0.229 e. The molecule has 0 spiro atoms. The van der Waals surface area contributed by atoms with E-state index in [0.29, 0.717) is 6.04 Å². The minimum Gasteiger partial charge on any atom is -0.378 e. The number of morpholine rings is 2. The molecule has 2 aliphatic heterocycles. The van der Waals surface area contributed by atoms with Crippen molar-refractivity contribution in [2.45, 2.75) is 64.7 Å². The van der Waals surface area contributed by atoms with E-state index in [0.717, 1.165) is 73.9 Å². The molecule has 2 aromatic heterocycles. The highest BCUT2D eigenvalue weighted by Gasteiger charge is 2.27. The van der Waals surface area contributed by atoms with Gasteiger partial charge in [0.05, 0.1) is 30.8 Å². The topological polar surface area (TPSA) is 75.6 Å². The molecule has 32 heavy (non-hydrogen) atoms. The van der Waals surface area contributed by atoms with Gasteiger partial charge in [-0.15, -0.1) is 0 Å². The van der Waals surface area contributed by atoms with Gasteiger partial charge in [-0.2, -0.15) is 9.97 Å². The highest BCUT2D eigenvalue weighted by atomic mass is 16.5. The first kappa shape index (κ1) is 21.6. The number of hydrogen-bond donors (Lipinski definition) is 1. The van der Waals surface area contributed by atoms with E-state index in [9.17, 15) is 0 Å². The van der Waals surface area contributed by atoms with Gasteiger partial charge in [0.2, 0.25) is 5.95 Å². The Morgan fingerprint density at radius 2 is 1.59 bits per heavy atom. The molecule has 5 rings (SSSR count). The highest BCUT2D eigenvalue weighted by molar-refractivity contribution is 5.89. The van der Waals surface area contributed by atoms with E-state index in [1.54, 1.807) is 0 Å². The summed E-state index contributed by atoms with van der Waals surface area (Å²) in [7, 11) is 0. The van der Waals surface area contributed by atoms with Crippen molar-refractivity contribution in [1.29, 1.82) is 0 Å². The molecule has 0 aromatic carbocycles. The molecule has 8 heteroatoms. The third-order valence-electron chi connectivity index (χ3n) is 6.91. The Balaban J connectivity index is 1.48. The van der Waals surface area contributed by atoms with Crippen molar-refractivity contribution in [2.24, 2.45) is 5.92 Å². The molecule has 0 amide bonds. The van der Waals surface area contributed by atoms with E-state index in [-0.39, 0.29) is 12.2 Å². The quantitative estimate of drug-likeness (QED) is 0.775. The highest BCUT2D eigenvalue weighted by Crippen LogP contribution is 2.30. The Morgan fingerprint density at radius 1 is 0.875 bits per heavy atom. The minimum atomic E-state index is 0.152. The maximum absolute atomic E-state index is 5.93. The second-order valence-corrected chi connectivity index (χ2v) is 9.78. The summed E-state index contributed by atoms with van der Waals surface area (Å²) >= 11 is 0. The monoisotopic (exact) mass is 440 g/mol. The van der Waals surface area contributed by atoms with E-state index in [1.807, 2.05) is 0 Å². The van der Waals surface area contributed by atoms with E-state index in [4.69, 9.17) is 24.4 Å². The van der Waals surface area contributed by atoms with Crippen LogP contribution in [-0.4, -0.2) is 72.6 Å². The number of ether oxygens (including phenoxy) is 2. The van der Waals surface area contributed by atoms with Crippen LogP contribution >= 0.6 is 0 Å². The zero-order valence-electron chi connectivity index (χ0n) is 19.6. The first-order chi connectivity index (χ1) is 15.5. The lowest BCUT2D eigenvalue weighted by Gasteiger charge is -2.36. The molecule has 4 heterocycles. The fourth-order valence-electron chi connectivity index (χ4n) is 5.18. The van der Waals surface area contributed by atoms with Crippen molar-refractivity contribution >= 4 is 28.6 Å². The summed E-state index contributed by atoms with van der Waals surface area (Å²) in [4.78, 5) is 19.5. The zero-order chi connectivity index (χ0) is 22.1. The predicted octanol–water partition coefficient (Wildman–Crippen LogP) is 3.47. The molecule has 2 unspecified atom stereocenters. The van der Waals surface area contributed by atoms with E-state index in [1.165, 1.54) is 25.7 Å². The van der Waals surface area contributed by atoms with Gasteiger partial charge in [0.15, 0.2) is 5.65 Å². The molecule has 2 aromatic rings. The second kappa shape index (κ2) is 9.35. The summed E-state index contributed by atoms with van der Waals surface area (Å²) in [5.74, 6) is 3.46. The van der Waals surface area contributed by atoms with Crippen LogP contribution in [0.1, 0.15) is 46.5 Å². The average molecular weight is 441 g/mol. The molecule has 2 atom stereocenters. The minimum absolute atomic E-state index is 0.152. The van der Waals surface area contributed by atoms with Crippen molar-refractivity contribution in [3.63, 3.8) is 0 Å². The first-order valence-corrected chi connectivity index (χ1v) is 12.2. The van der Waals surface area contributed by atoms with Gasteiger partial charge >= 0.3 is 0 Å². The number of hydrogen-bond acceptors (Lipinski definition) is 8. The molecular weight excluding hydrogens is 404 g/mol. The van der Waals surface area contributed by atoms with Crippen molar-refractivity contribution in [2.75, 3.05) is 54.5 Å². The van der Waals surface area contributed by atoms with Crippen molar-refractivity contribution in [3.8, 4) is 0 Å². The lowest BCUT2D eigenvalue weighted by atomic mass is 9.87. The Labute approximate surface area is 190 Å². The zero-order valence-corrected chi connectivity index (χ0v) is 19.6. The van der Waals surface area contributed by atoms with E-state index < -0.39 is 0 Å². The molecule has 8 nitrogen and oxygen atoms in total. The lowest BCUT2D eigenvalue weighted by molar-refractivity contribution is -0.00570. The summed E-state index contributed by atoms with van der Waals surface area (Å²) < 4.78 is 11.5. The third kappa shape index (κ3) is 4.76. The van der Waals surface area contributed by atoms with Gasteiger partial charge in [-0.05, 0) is 57.6 Å². The standard InChI is InChI=1S/C24H36N6O2/c1-16-4-6-19(7-5-16)25-21-9-8-20-22(26-21)27-24(30-14-17(2)32-18(3)15-30)28-23(20)29-10-12-31-13-11-29/h8-9,16-19H,4-7,10-15H2,1-3H3,(H,25,26,27,28). The number of anilines is 3. The molecule has 1 N–H and O–H groups in total. The van der Waals surface area contributed by atoms with E-state index >= 15 is 0 Å². The molecule has 174 valence electrons. The van der Waals surface area contributed by atoms with Crippen LogP contribution in [0.3, 0.4) is 0 Å². The summed E-state index contributed by atoms with van der Waals surface area (Å²) in [6.07, 6.45) is 5.29. The molecule has 2 saturated heterocycles. The number of aromatic nitrogens is 3. The van der Waals surface area contributed by atoms with Crippen LogP contribution in [0.15, 0.2) is 12.1 Å². The van der Waals surface area contributed by atoms with Gasteiger partial charge in [0.25, 0.3) is 0 Å². The predicted molar refractivity (Wildman–Crippen MR) is 128 cm³/mol. The number of fused-ring (bicyclic) bond motifs is 1. The molecule has 1 aliphatic carbocycles. The van der Waals surface area contributed by atoms with Gasteiger partial charge in [0.1, 0.15) is 11.6 Å². The van der Waals surface area contributed by atoms with Gasteiger partial charge < -0.3 is 24.6 Å². The Morgan fingerprint density at radius 3 is 2.31 bits per heavy atom. The summed E-state index contributed by atoms with van der Waals surface area (Å²) in [5, 5.41) is 4.67. The van der Waals surface area contributed by atoms with Crippen LogP contribution in [0.5, 0.6) is 0 Å². The van der Waals surface area contributed by atoms with Crippen LogP contribution in [0, 0.1) is 5.92 Å². The molecular formula is C24H36N6O2. The number of nitrogens with zero attached hydrogens (tertiary/aromatic N) is 5. The Kier molecular flexibility index (Phi) is 6.33. The first-order valence-electron chi connectivity index (χ1n) is 12.2. The van der Waals surface area contributed by atoms with Gasteiger partial charge in [-0.3, -0.25) is 0 Å². The summed E-state index contributed by atoms with van der Waals surface area (Å²) in [6, 6.07) is 4.72. The molecule has 3 fully saturated rings. The van der Waals surface area contributed by atoms with Crippen LogP contribution in [0.2, 0.25) is 0 Å². The Hall–Kier alpha value is -2.19. The van der Waals surface area contributed by atoms with Crippen molar-refractivity contribution in [3.05, 3.63) is 12.1 Å². The fraction of sp³-hybridized carbons (Fsp3) is 0.708. The largest absolute Gasteiger partial charge is 0.378 e. The van der Waals surface area contributed by atoms with Gasteiger partial charge in [0, 0.05) is 32.2 Å². The molecule has 3 aliphatic rings. The number of rotatable bonds is 4. The maximum Gasteiger partial charge on any atom is 0.229 e. The molecule has 0 bridgehead atoms. The Bertz CT molecular complexity index is 916. The molecule has 0 radical (unpaired) electrons. The fourth-order valence-corrected chi connectivity index (χ4v) is 5.18. The third-order valence-corrected chi connectivity index (χ3v) is 6.91. The van der Waals surface area contributed by atoms with Gasteiger partial charge in [-0.1, -0.05) is 6.92 Å². The van der Waals surface area contributed by atoms with Crippen molar-refractivity contribution < 1.29 is 9.47 Å². The van der Waals surface area contributed by atoms with Crippen LogP contribution < -0.4 is 15.1 Å². The lowest BCUT2D eigenvalue weighted by Crippen LogP contribution is -2.46. The summed E-state index contributed by atoms with van der Waals surface area (Å²) in [5.41, 5.74) is 0.762. The maximum atomic E-state index is 5.93. The molecule has 1 saturated carbocycles. The SMILES string of the molecule is CC1CCC(Nc2ccc3c(N4CCOCC4)nc(N4CC(C)OC(C)C4)nc3n2)CC1. The van der Waals surface area contributed by atoms with Crippen molar-refractivity contribution in [1.82, 2.24) is 15.0 Å². The second-order valence-electron chi connectivity index (χ2n) is 9.78. The van der Waals surface area contributed by atoms with Gasteiger partial charge in [-0.25, -0.2) is 4.98 Å². The number of nitrogens with one attached hydrogen (secondary N) is 1. The summed E-state index contributed by atoms with van der Waals surface area (Å²) in [6.45, 7) is 11.3. The van der Waals surface area contributed by atoms with E-state index in [2.05, 4.69) is 48.0 Å². The number of pyridine rings is 1. The average Bonchev–Trinajstić information content (AvgIpc) is 2.79. The normalized spacial score (nSPS) is 29.3.